The summed E-state index contributed by atoms with van der Waals surface area (Å²) < 4.78 is 11.6. The van der Waals surface area contributed by atoms with Gasteiger partial charge in [0.05, 0.1) is 19.6 Å². The number of methoxy groups -OCH3 is 2. The van der Waals surface area contributed by atoms with Gasteiger partial charge in [-0.15, -0.1) is 11.6 Å². The van der Waals surface area contributed by atoms with Crippen LogP contribution in [0.3, 0.4) is 0 Å². The van der Waals surface area contributed by atoms with E-state index < -0.39 is 0 Å². The molecule has 2 rings (SSSR count). The monoisotopic (exact) mass is 354 g/mol. The first-order chi connectivity index (χ1) is 9.56. The highest BCUT2D eigenvalue weighted by atomic mass is 79.9. The van der Waals surface area contributed by atoms with Gasteiger partial charge in [0.2, 0.25) is 0 Å². The van der Waals surface area contributed by atoms with Gasteiger partial charge in [-0.3, -0.25) is 0 Å². The van der Waals surface area contributed by atoms with Gasteiger partial charge in [-0.1, -0.05) is 28.1 Å². The van der Waals surface area contributed by atoms with Gasteiger partial charge in [0.1, 0.15) is 0 Å². The molecule has 0 radical (unpaired) electrons. The fourth-order valence-electron chi connectivity index (χ4n) is 2.07. The van der Waals surface area contributed by atoms with E-state index in [1.165, 1.54) is 0 Å². The lowest BCUT2D eigenvalue weighted by Gasteiger charge is -2.16. The Hall–Kier alpha value is -1.19. The maximum atomic E-state index is 6.62. The second-order valence-corrected chi connectivity index (χ2v) is 5.83. The summed E-state index contributed by atoms with van der Waals surface area (Å²) in [5, 5.41) is -0.229. The molecule has 0 spiro atoms. The van der Waals surface area contributed by atoms with Crippen molar-refractivity contribution >= 4 is 27.5 Å². The molecule has 0 aliphatic rings. The van der Waals surface area contributed by atoms with Crippen molar-refractivity contribution in [3.63, 3.8) is 0 Å². The van der Waals surface area contributed by atoms with Crippen LogP contribution in [0.15, 0.2) is 40.9 Å². The summed E-state index contributed by atoms with van der Waals surface area (Å²) in [7, 11) is 3.24. The van der Waals surface area contributed by atoms with Crippen molar-refractivity contribution in [1.29, 1.82) is 0 Å². The van der Waals surface area contributed by atoms with Crippen LogP contribution in [0.4, 0.5) is 0 Å². The molecule has 0 bridgehead atoms. The van der Waals surface area contributed by atoms with E-state index in [1.807, 2.05) is 30.3 Å². The molecule has 2 nitrogen and oxygen atoms in total. The predicted molar refractivity (Wildman–Crippen MR) is 86.1 cm³/mol. The number of aryl methyl sites for hydroxylation is 1. The van der Waals surface area contributed by atoms with Crippen LogP contribution in [-0.4, -0.2) is 14.2 Å². The van der Waals surface area contributed by atoms with E-state index in [-0.39, 0.29) is 5.38 Å². The van der Waals surface area contributed by atoms with Crippen molar-refractivity contribution in [3.8, 4) is 11.5 Å². The van der Waals surface area contributed by atoms with Crippen LogP contribution in [0.2, 0.25) is 0 Å². The third kappa shape index (κ3) is 3.10. The Kier molecular flexibility index (Phi) is 4.95. The molecular formula is C16H16BrClO2. The minimum Gasteiger partial charge on any atom is -0.493 e. The summed E-state index contributed by atoms with van der Waals surface area (Å²) in [6, 6.07) is 11.9. The molecule has 0 aromatic heterocycles. The Balaban J connectivity index is 2.42. The zero-order valence-electron chi connectivity index (χ0n) is 11.6. The maximum absolute atomic E-state index is 6.62. The molecule has 0 fully saturated rings. The lowest BCUT2D eigenvalue weighted by Crippen LogP contribution is -1.98. The largest absolute Gasteiger partial charge is 0.493 e. The van der Waals surface area contributed by atoms with Gasteiger partial charge in [-0.05, 0) is 47.9 Å². The molecular weight excluding hydrogens is 340 g/mol. The fourth-order valence-corrected chi connectivity index (χ4v) is 2.82. The van der Waals surface area contributed by atoms with Crippen LogP contribution < -0.4 is 9.47 Å². The van der Waals surface area contributed by atoms with Crippen LogP contribution in [0.5, 0.6) is 11.5 Å². The van der Waals surface area contributed by atoms with Crippen LogP contribution >= 0.6 is 27.5 Å². The smallest absolute Gasteiger partial charge is 0.161 e. The summed E-state index contributed by atoms with van der Waals surface area (Å²) in [5.74, 6) is 1.38. The third-order valence-corrected chi connectivity index (χ3v) is 4.19. The first-order valence-electron chi connectivity index (χ1n) is 6.19. The molecule has 2 aromatic rings. The van der Waals surface area contributed by atoms with Gasteiger partial charge < -0.3 is 9.47 Å². The van der Waals surface area contributed by atoms with Crippen molar-refractivity contribution < 1.29 is 9.47 Å². The molecule has 0 aliphatic carbocycles. The molecule has 0 aliphatic heterocycles. The summed E-state index contributed by atoms with van der Waals surface area (Å²) >= 11 is 10.1. The van der Waals surface area contributed by atoms with Crippen molar-refractivity contribution in [2.45, 2.75) is 12.3 Å². The van der Waals surface area contributed by atoms with E-state index in [0.717, 1.165) is 21.2 Å². The van der Waals surface area contributed by atoms with Gasteiger partial charge >= 0.3 is 0 Å². The molecule has 1 atom stereocenters. The van der Waals surface area contributed by atoms with E-state index in [4.69, 9.17) is 21.1 Å². The van der Waals surface area contributed by atoms with Gasteiger partial charge in [-0.25, -0.2) is 0 Å². The molecule has 20 heavy (non-hydrogen) atoms. The number of rotatable bonds is 4. The number of hydrogen-bond acceptors (Lipinski definition) is 2. The highest BCUT2D eigenvalue weighted by molar-refractivity contribution is 9.10. The molecule has 0 saturated heterocycles. The van der Waals surface area contributed by atoms with Crippen LogP contribution in [-0.2, 0) is 0 Å². The lowest BCUT2D eigenvalue weighted by molar-refractivity contribution is 0.354. The second kappa shape index (κ2) is 6.51. The van der Waals surface area contributed by atoms with E-state index in [0.29, 0.717) is 11.5 Å². The van der Waals surface area contributed by atoms with Crippen molar-refractivity contribution in [2.75, 3.05) is 14.2 Å². The Morgan fingerprint density at radius 2 is 1.70 bits per heavy atom. The van der Waals surface area contributed by atoms with Crippen molar-refractivity contribution in [1.82, 2.24) is 0 Å². The standard InChI is InChI=1S/C16H16BrClO2/c1-10-4-6-12(17)9-13(10)16(18)11-5-7-14(19-2)15(8-11)20-3/h4-9,16H,1-3H3. The fraction of sp³-hybridized carbons (Fsp3) is 0.250. The zero-order valence-corrected chi connectivity index (χ0v) is 14.0. The highest BCUT2D eigenvalue weighted by Gasteiger charge is 2.16. The van der Waals surface area contributed by atoms with Crippen molar-refractivity contribution in [2.24, 2.45) is 0 Å². The summed E-state index contributed by atoms with van der Waals surface area (Å²) in [6.45, 7) is 2.05. The molecule has 0 saturated carbocycles. The number of benzene rings is 2. The molecule has 1 unspecified atom stereocenters. The number of ether oxygens (including phenoxy) is 2. The first kappa shape index (κ1) is 15.2. The van der Waals surface area contributed by atoms with Gasteiger partial charge in [0.15, 0.2) is 11.5 Å². The van der Waals surface area contributed by atoms with E-state index in [2.05, 4.69) is 28.9 Å². The normalized spacial score (nSPS) is 12.1. The molecule has 4 heteroatoms. The Labute approximate surface area is 132 Å². The molecule has 0 heterocycles. The number of alkyl halides is 1. The summed E-state index contributed by atoms with van der Waals surface area (Å²) in [6.07, 6.45) is 0. The number of halogens is 2. The van der Waals surface area contributed by atoms with E-state index in [9.17, 15) is 0 Å². The lowest BCUT2D eigenvalue weighted by atomic mass is 10.00. The topological polar surface area (TPSA) is 18.5 Å². The number of hydrogen-bond donors (Lipinski definition) is 0. The van der Waals surface area contributed by atoms with Gasteiger partial charge in [0, 0.05) is 4.47 Å². The molecule has 0 amide bonds. The molecule has 106 valence electrons. The minimum atomic E-state index is -0.229. The third-order valence-electron chi connectivity index (χ3n) is 3.21. The zero-order chi connectivity index (χ0) is 14.7. The van der Waals surface area contributed by atoms with Crippen LogP contribution in [0.25, 0.3) is 0 Å². The Bertz CT molecular complexity index is 613. The highest BCUT2D eigenvalue weighted by Crippen LogP contribution is 2.37. The first-order valence-corrected chi connectivity index (χ1v) is 7.41. The molecule has 2 aromatic carbocycles. The quantitative estimate of drug-likeness (QED) is 0.710. The second-order valence-electron chi connectivity index (χ2n) is 4.48. The van der Waals surface area contributed by atoms with Crippen LogP contribution in [0, 0.1) is 6.92 Å². The average molecular weight is 356 g/mol. The molecule has 0 N–H and O–H groups in total. The van der Waals surface area contributed by atoms with Gasteiger partial charge in [-0.2, -0.15) is 0 Å². The maximum Gasteiger partial charge on any atom is 0.161 e. The minimum absolute atomic E-state index is 0.229. The Morgan fingerprint density at radius 3 is 2.35 bits per heavy atom. The summed E-state index contributed by atoms with van der Waals surface area (Å²) in [5.41, 5.74) is 3.21. The van der Waals surface area contributed by atoms with E-state index in [1.54, 1.807) is 14.2 Å². The van der Waals surface area contributed by atoms with Crippen LogP contribution in [0.1, 0.15) is 22.1 Å². The summed E-state index contributed by atoms with van der Waals surface area (Å²) in [4.78, 5) is 0. The SMILES string of the molecule is COc1ccc(C(Cl)c2cc(Br)ccc2C)cc1OC. The average Bonchev–Trinajstić information content (AvgIpc) is 2.48. The predicted octanol–water partition coefficient (Wildman–Crippen LogP) is 5.10. The van der Waals surface area contributed by atoms with Crippen molar-refractivity contribution in [3.05, 3.63) is 57.6 Å². The van der Waals surface area contributed by atoms with E-state index >= 15 is 0 Å². The van der Waals surface area contributed by atoms with Gasteiger partial charge in [0.25, 0.3) is 0 Å². The Morgan fingerprint density at radius 1 is 1.00 bits per heavy atom.